The van der Waals surface area contributed by atoms with E-state index in [1.54, 1.807) is 6.07 Å². The highest BCUT2D eigenvalue weighted by Gasteiger charge is 2.53. The zero-order valence-corrected chi connectivity index (χ0v) is 9.72. The van der Waals surface area contributed by atoms with Crippen LogP contribution in [0.2, 0.25) is 0 Å². The van der Waals surface area contributed by atoms with Gasteiger partial charge in [-0.2, -0.15) is 13.2 Å². The smallest absolute Gasteiger partial charge is 0.330 e. The van der Waals surface area contributed by atoms with Crippen molar-refractivity contribution in [1.29, 1.82) is 0 Å². The van der Waals surface area contributed by atoms with Crippen LogP contribution in [0.3, 0.4) is 0 Å². The Bertz CT molecular complexity index is 413. The van der Waals surface area contributed by atoms with E-state index in [2.05, 4.69) is 6.92 Å². The summed E-state index contributed by atoms with van der Waals surface area (Å²) >= 11 is 0. The number of benzene rings is 1. The van der Waals surface area contributed by atoms with Gasteiger partial charge in [0.2, 0.25) is 0 Å². The average Bonchev–Trinajstić information content (AvgIpc) is 3.03. The lowest BCUT2D eigenvalue weighted by molar-refractivity contribution is -0.137. The van der Waals surface area contributed by atoms with Crippen LogP contribution in [-0.2, 0) is 11.6 Å². The second-order valence-electron chi connectivity index (χ2n) is 4.75. The van der Waals surface area contributed by atoms with Gasteiger partial charge in [-0.3, -0.25) is 0 Å². The third-order valence-corrected chi connectivity index (χ3v) is 3.85. The first-order chi connectivity index (χ1) is 7.94. The van der Waals surface area contributed by atoms with Crippen molar-refractivity contribution in [1.82, 2.24) is 0 Å². The van der Waals surface area contributed by atoms with E-state index in [1.807, 2.05) is 0 Å². The Morgan fingerprint density at radius 3 is 2.59 bits per heavy atom. The number of hydrogen-bond acceptors (Lipinski definition) is 1. The maximum atomic E-state index is 12.6. The Balaban J connectivity index is 2.34. The predicted octanol–water partition coefficient (Wildman–Crippen LogP) is 3.33. The van der Waals surface area contributed by atoms with Crippen molar-refractivity contribution in [3.63, 3.8) is 0 Å². The molecule has 2 atom stereocenters. The minimum atomic E-state index is -4.28. The highest BCUT2D eigenvalue weighted by Crippen LogP contribution is 2.55. The van der Waals surface area contributed by atoms with E-state index in [9.17, 15) is 13.2 Å². The summed E-state index contributed by atoms with van der Waals surface area (Å²) in [5.74, 6) is 0.427. The molecule has 2 unspecified atom stereocenters. The molecule has 1 aromatic carbocycles. The molecule has 1 aromatic rings. The lowest BCUT2D eigenvalue weighted by Gasteiger charge is -2.17. The van der Waals surface area contributed by atoms with E-state index in [0.717, 1.165) is 24.5 Å². The summed E-state index contributed by atoms with van der Waals surface area (Å²) < 4.78 is 37.9. The van der Waals surface area contributed by atoms with E-state index in [1.165, 1.54) is 12.1 Å². The molecule has 0 saturated heterocycles. The fourth-order valence-electron chi connectivity index (χ4n) is 2.64. The molecule has 1 fully saturated rings. The zero-order valence-electron chi connectivity index (χ0n) is 9.72. The molecule has 0 aliphatic heterocycles. The molecule has 1 nitrogen and oxygen atoms in total. The van der Waals surface area contributed by atoms with Crippen molar-refractivity contribution in [2.45, 2.75) is 31.4 Å². The largest absolute Gasteiger partial charge is 0.416 e. The first-order valence-electron chi connectivity index (χ1n) is 5.82. The minimum absolute atomic E-state index is 0.212. The van der Waals surface area contributed by atoms with Crippen LogP contribution in [0, 0.1) is 5.92 Å². The molecule has 0 amide bonds. The summed E-state index contributed by atoms with van der Waals surface area (Å²) in [7, 11) is 0. The summed E-state index contributed by atoms with van der Waals surface area (Å²) in [5.41, 5.74) is 5.69. The number of halogens is 3. The lowest BCUT2D eigenvalue weighted by Crippen LogP contribution is -2.23. The molecular weight excluding hydrogens is 227 g/mol. The van der Waals surface area contributed by atoms with Gasteiger partial charge in [0.1, 0.15) is 0 Å². The first kappa shape index (κ1) is 12.4. The van der Waals surface area contributed by atoms with Gasteiger partial charge < -0.3 is 5.73 Å². The molecule has 2 rings (SSSR count). The predicted molar refractivity (Wildman–Crippen MR) is 60.6 cm³/mol. The summed E-state index contributed by atoms with van der Waals surface area (Å²) in [6.45, 7) is 2.47. The third-order valence-electron chi connectivity index (χ3n) is 3.85. The van der Waals surface area contributed by atoms with E-state index in [4.69, 9.17) is 5.73 Å². The van der Waals surface area contributed by atoms with E-state index in [0.29, 0.717) is 12.5 Å². The highest BCUT2D eigenvalue weighted by atomic mass is 19.4. The fourth-order valence-corrected chi connectivity index (χ4v) is 2.64. The van der Waals surface area contributed by atoms with Gasteiger partial charge in [0.05, 0.1) is 5.56 Å². The van der Waals surface area contributed by atoms with Crippen LogP contribution in [0.1, 0.15) is 30.9 Å². The van der Waals surface area contributed by atoms with E-state index >= 15 is 0 Å². The van der Waals surface area contributed by atoms with Crippen molar-refractivity contribution in [3.8, 4) is 0 Å². The summed E-state index contributed by atoms with van der Waals surface area (Å²) in [6.07, 6.45) is -2.41. The van der Waals surface area contributed by atoms with Gasteiger partial charge in [-0.05, 0) is 24.0 Å². The Labute approximate surface area is 98.8 Å². The second-order valence-corrected chi connectivity index (χ2v) is 4.75. The Morgan fingerprint density at radius 2 is 2.12 bits per heavy atom. The van der Waals surface area contributed by atoms with Crippen molar-refractivity contribution >= 4 is 0 Å². The van der Waals surface area contributed by atoms with Gasteiger partial charge in [-0.1, -0.05) is 31.5 Å². The van der Waals surface area contributed by atoms with Crippen LogP contribution >= 0.6 is 0 Å². The molecule has 1 aliphatic carbocycles. The molecule has 2 N–H and O–H groups in total. The highest BCUT2D eigenvalue weighted by molar-refractivity contribution is 5.38. The van der Waals surface area contributed by atoms with Gasteiger partial charge in [-0.25, -0.2) is 0 Å². The van der Waals surface area contributed by atoms with Crippen LogP contribution in [0.15, 0.2) is 24.3 Å². The van der Waals surface area contributed by atoms with Gasteiger partial charge in [-0.15, -0.1) is 0 Å². The summed E-state index contributed by atoms with van der Waals surface area (Å²) in [5, 5.41) is 0. The van der Waals surface area contributed by atoms with Gasteiger partial charge in [0, 0.05) is 12.0 Å². The molecule has 0 spiro atoms. The molecule has 1 saturated carbocycles. The van der Waals surface area contributed by atoms with Crippen molar-refractivity contribution in [3.05, 3.63) is 35.4 Å². The molecule has 1 aliphatic rings. The molecule has 0 heterocycles. The summed E-state index contributed by atoms with van der Waals surface area (Å²) in [6, 6.07) is 5.60. The molecule has 0 bridgehead atoms. The maximum Gasteiger partial charge on any atom is 0.416 e. The fraction of sp³-hybridized carbons (Fsp3) is 0.538. The summed E-state index contributed by atoms with van der Waals surface area (Å²) in [4.78, 5) is 0. The van der Waals surface area contributed by atoms with Crippen LogP contribution in [0.25, 0.3) is 0 Å². The SMILES string of the molecule is CCC1CC1(CN)c1cccc(C(F)(F)F)c1. The molecule has 94 valence electrons. The van der Waals surface area contributed by atoms with E-state index < -0.39 is 11.7 Å². The zero-order chi connectivity index (χ0) is 12.7. The number of rotatable bonds is 3. The monoisotopic (exact) mass is 243 g/mol. The number of nitrogens with two attached hydrogens (primary N) is 1. The molecule has 4 heteroatoms. The number of hydrogen-bond donors (Lipinski definition) is 1. The normalized spacial score (nSPS) is 28.2. The number of alkyl halides is 3. The van der Waals surface area contributed by atoms with Crippen molar-refractivity contribution < 1.29 is 13.2 Å². The minimum Gasteiger partial charge on any atom is -0.330 e. The van der Waals surface area contributed by atoms with Crippen LogP contribution < -0.4 is 5.73 Å². The molecule has 0 aromatic heterocycles. The third kappa shape index (κ3) is 2.06. The standard InChI is InChI=1S/C13H16F3N/c1-2-9-7-12(9,8-17)10-4-3-5-11(6-10)13(14,15)16/h3-6,9H,2,7-8,17H2,1H3. The molecular formula is C13H16F3N. The Morgan fingerprint density at radius 1 is 1.41 bits per heavy atom. The van der Waals surface area contributed by atoms with Crippen LogP contribution in [0.5, 0.6) is 0 Å². The quantitative estimate of drug-likeness (QED) is 0.865. The van der Waals surface area contributed by atoms with Crippen LogP contribution in [0.4, 0.5) is 13.2 Å². The van der Waals surface area contributed by atoms with Crippen molar-refractivity contribution in [2.75, 3.05) is 6.54 Å². The Kier molecular flexibility index (Phi) is 2.94. The second kappa shape index (κ2) is 4.02. The topological polar surface area (TPSA) is 26.0 Å². The lowest BCUT2D eigenvalue weighted by atomic mass is 9.91. The van der Waals surface area contributed by atoms with Crippen molar-refractivity contribution in [2.24, 2.45) is 11.7 Å². The maximum absolute atomic E-state index is 12.6. The van der Waals surface area contributed by atoms with E-state index in [-0.39, 0.29) is 5.41 Å². The van der Waals surface area contributed by atoms with Gasteiger partial charge in [0.15, 0.2) is 0 Å². The molecule has 17 heavy (non-hydrogen) atoms. The molecule has 0 radical (unpaired) electrons. The van der Waals surface area contributed by atoms with Gasteiger partial charge >= 0.3 is 6.18 Å². The average molecular weight is 243 g/mol. The Hall–Kier alpha value is -1.03. The first-order valence-corrected chi connectivity index (χ1v) is 5.82. The van der Waals surface area contributed by atoms with Gasteiger partial charge in [0.25, 0.3) is 0 Å². The van der Waals surface area contributed by atoms with Crippen LogP contribution in [-0.4, -0.2) is 6.54 Å².